The number of benzene rings is 1. The summed E-state index contributed by atoms with van der Waals surface area (Å²) < 4.78 is 12.0. The second-order valence-corrected chi connectivity index (χ2v) is 6.42. The number of esters is 2. The quantitative estimate of drug-likeness (QED) is 0.643. The highest BCUT2D eigenvalue weighted by Crippen LogP contribution is 2.27. The topological polar surface area (TPSA) is 112 Å². The number of nitrogens with zero attached hydrogens (tertiary/aromatic N) is 3. The van der Waals surface area contributed by atoms with Gasteiger partial charge in [0.15, 0.2) is 11.7 Å². The number of ether oxygens (including phenoxy) is 2. The van der Waals surface area contributed by atoms with E-state index in [2.05, 4.69) is 15.4 Å². The molecule has 0 aliphatic carbocycles. The van der Waals surface area contributed by atoms with E-state index in [0.717, 1.165) is 4.70 Å². The first-order chi connectivity index (χ1) is 13.0. The van der Waals surface area contributed by atoms with Gasteiger partial charge < -0.3 is 9.47 Å². The summed E-state index contributed by atoms with van der Waals surface area (Å²) in [6.45, 7) is 1.57. The zero-order chi connectivity index (χ0) is 19.4. The number of aryl methyl sites for hydroxylation is 1. The summed E-state index contributed by atoms with van der Waals surface area (Å²) in [6.07, 6.45) is 1.46. The summed E-state index contributed by atoms with van der Waals surface area (Å²) in [5.74, 6) is -1.58. The molecule has 10 heteroatoms. The van der Waals surface area contributed by atoms with Crippen LogP contribution in [0.25, 0.3) is 10.2 Å². The summed E-state index contributed by atoms with van der Waals surface area (Å²) >= 11 is 1.20. The van der Waals surface area contributed by atoms with Gasteiger partial charge in [0.2, 0.25) is 0 Å². The van der Waals surface area contributed by atoms with Crippen LogP contribution in [0, 0.1) is 0 Å². The first kappa shape index (κ1) is 18.5. The van der Waals surface area contributed by atoms with E-state index in [1.54, 1.807) is 32.2 Å². The normalized spacial score (nSPS) is 10.6. The number of anilines is 1. The molecule has 3 aromatic rings. The number of fused-ring (bicyclic) bond motifs is 1. The second-order valence-electron chi connectivity index (χ2n) is 5.39. The predicted molar refractivity (Wildman–Crippen MR) is 97.7 cm³/mol. The van der Waals surface area contributed by atoms with Crippen molar-refractivity contribution in [1.29, 1.82) is 0 Å². The number of aromatic nitrogens is 3. The van der Waals surface area contributed by atoms with Crippen molar-refractivity contribution in [2.24, 2.45) is 7.05 Å². The Morgan fingerprint density at radius 3 is 2.70 bits per heavy atom. The minimum atomic E-state index is -0.645. The fraction of sp³-hybridized carbons (Fsp3) is 0.235. The van der Waals surface area contributed by atoms with Crippen molar-refractivity contribution in [2.75, 3.05) is 18.5 Å². The third-order valence-electron chi connectivity index (χ3n) is 3.51. The first-order valence-electron chi connectivity index (χ1n) is 8.00. The number of hydrogen-bond acceptors (Lipinski definition) is 8. The summed E-state index contributed by atoms with van der Waals surface area (Å²) in [4.78, 5) is 39.9. The molecule has 0 fully saturated rings. The van der Waals surface area contributed by atoms with Gasteiger partial charge in [0.1, 0.15) is 5.69 Å². The van der Waals surface area contributed by atoms with Crippen LogP contribution in [0.1, 0.15) is 27.8 Å². The largest absolute Gasteiger partial charge is 0.462 e. The molecule has 0 unspecified atom stereocenters. The van der Waals surface area contributed by atoms with E-state index in [0.29, 0.717) is 22.8 Å². The van der Waals surface area contributed by atoms with Gasteiger partial charge >= 0.3 is 11.9 Å². The molecule has 140 valence electrons. The Balaban J connectivity index is 1.62. The smallest absolute Gasteiger partial charge is 0.357 e. The number of rotatable bonds is 6. The van der Waals surface area contributed by atoms with Crippen LogP contribution < -0.4 is 5.32 Å². The molecule has 1 amide bonds. The Bertz CT molecular complexity index is 1010. The molecule has 1 aromatic carbocycles. The maximum absolute atomic E-state index is 12.0. The van der Waals surface area contributed by atoms with Crippen LogP contribution in [0.2, 0.25) is 0 Å². The number of hydrogen-bond donors (Lipinski definition) is 1. The lowest BCUT2D eigenvalue weighted by atomic mass is 10.2. The molecule has 2 heterocycles. The SMILES string of the molecule is CCOC(=O)c1ccc2nc(NC(=O)COC(=O)c3ccnn3C)sc2c1. The molecule has 0 atom stereocenters. The Morgan fingerprint density at radius 1 is 1.19 bits per heavy atom. The Morgan fingerprint density at radius 2 is 2.00 bits per heavy atom. The van der Waals surface area contributed by atoms with Crippen molar-refractivity contribution in [3.63, 3.8) is 0 Å². The lowest BCUT2D eigenvalue weighted by molar-refractivity contribution is -0.119. The van der Waals surface area contributed by atoms with E-state index in [9.17, 15) is 14.4 Å². The molecule has 9 nitrogen and oxygen atoms in total. The first-order valence-corrected chi connectivity index (χ1v) is 8.82. The minimum Gasteiger partial charge on any atom is -0.462 e. The van der Waals surface area contributed by atoms with Crippen molar-refractivity contribution >= 4 is 44.5 Å². The lowest BCUT2D eigenvalue weighted by Gasteiger charge is -2.04. The standard InChI is InChI=1S/C17H16N4O5S/c1-3-25-15(23)10-4-5-11-13(8-10)27-17(19-11)20-14(22)9-26-16(24)12-6-7-18-21(12)2/h4-8H,3,9H2,1-2H3,(H,19,20,22). The fourth-order valence-electron chi connectivity index (χ4n) is 2.25. The molecule has 0 aliphatic rings. The van der Waals surface area contributed by atoms with Crippen molar-refractivity contribution < 1.29 is 23.9 Å². The van der Waals surface area contributed by atoms with Crippen molar-refractivity contribution in [2.45, 2.75) is 6.92 Å². The number of nitrogens with one attached hydrogen (secondary N) is 1. The van der Waals surface area contributed by atoms with Gasteiger partial charge in [0.05, 0.1) is 22.4 Å². The zero-order valence-electron chi connectivity index (χ0n) is 14.6. The number of amides is 1. The molecule has 0 radical (unpaired) electrons. The summed E-state index contributed by atoms with van der Waals surface area (Å²) in [5, 5.41) is 6.78. The highest BCUT2D eigenvalue weighted by molar-refractivity contribution is 7.22. The monoisotopic (exact) mass is 388 g/mol. The third kappa shape index (κ3) is 4.29. The Hall–Kier alpha value is -3.27. The number of carbonyl (C=O) groups is 3. The molecular weight excluding hydrogens is 372 g/mol. The third-order valence-corrected chi connectivity index (χ3v) is 4.44. The fourth-order valence-corrected chi connectivity index (χ4v) is 3.18. The number of thiazole rings is 1. The van der Waals surface area contributed by atoms with E-state index in [1.807, 2.05) is 0 Å². The maximum atomic E-state index is 12.0. The molecule has 2 aromatic heterocycles. The summed E-state index contributed by atoms with van der Waals surface area (Å²) in [5.41, 5.74) is 1.29. The van der Waals surface area contributed by atoms with Crippen LogP contribution >= 0.6 is 11.3 Å². The van der Waals surface area contributed by atoms with Crippen LogP contribution in [-0.2, 0) is 21.3 Å². The molecule has 0 spiro atoms. The van der Waals surface area contributed by atoms with E-state index in [-0.39, 0.29) is 5.69 Å². The Kier molecular flexibility index (Phi) is 5.46. The molecule has 0 bridgehead atoms. The van der Waals surface area contributed by atoms with Gasteiger partial charge in [-0.15, -0.1) is 0 Å². The van der Waals surface area contributed by atoms with Gasteiger partial charge in [-0.2, -0.15) is 5.10 Å². The van der Waals surface area contributed by atoms with Crippen molar-refractivity contribution in [1.82, 2.24) is 14.8 Å². The lowest BCUT2D eigenvalue weighted by Crippen LogP contribution is -2.21. The predicted octanol–water partition coefficient (Wildman–Crippen LogP) is 2.00. The molecular formula is C17H16N4O5S. The highest BCUT2D eigenvalue weighted by Gasteiger charge is 2.15. The van der Waals surface area contributed by atoms with Gasteiger partial charge in [-0.05, 0) is 31.2 Å². The molecule has 0 aliphatic heterocycles. The summed E-state index contributed by atoms with van der Waals surface area (Å²) in [7, 11) is 1.60. The number of carbonyl (C=O) groups excluding carboxylic acids is 3. The molecule has 0 saturated heterocycles. The molecule has 0 saturated carbocycles. The van der Waals surface area contributed by atoms with Crippen molar-refractivity contribution in [3.8, 4) is 0 Å². The van der Waals surface area contributed by atoms with E-state index < -0.39 is 24.5 Å². The van der Waals surface area contributed by atoms with Crippen LogP contribution in [0.15, 0.2) is 30.5 Å². The van der Waals surface area contributed by atoms with Crippen molar-refractivity contribution in [3.05, 3.63) is 41.7 Å². The average Bonchev–Trinajstić information content (AvgIpc) is 3.24. The van der Waals surface area contributed by atoms with Crippen LogP contribution in [-0.4, -0.2) is 45.8 Å². The van der Waals surface area contributed by atoms with Gasteiger partial charge in [0.25, 0.3) is 5.91 Å². The molecule has 1 N–H and O–H groups in total. The van der Waals surface area contributed by atoms with E-state index >= 15 is 0 Å². The van der Waals surface area contributed by atoms with Crippen LogP contribution in [0.3, 0.4) is 0 Å². The molecule has 27 heavy (non-hydrogen) atoms. The average molecular weight is 388 g/mol. The van der Waals surface area contributed by atoms with Gasteiger partial charge in [-0.25, -0.2) is 14.6 Å². The Labute approximate surface area is 157 Å². The van der Waals surface area contributed by atoms with Crippen LogP contribution in [0.5, 0.6) is 0 Å². The highest BCUT2D eigenvalue weighted by atomic mass is 32.1. The maximum Gasteiger partial charge on any atom is 0.357 e. The molecule has 3 rings (SSSR count). The van der Waals surface area contributed by atoms with Gasteiger partial charge in [-0.1, -0.05) is 11.3 Å². The minimum absolute atomic E-state index is 0.245. The van der Waals surface area contributed by atoms with Gasteiger partial charge in [0, 0.05) is 13.2 Å². The van der Waals surface area contributed by atoms with E-state index in [1.165, 1.54) is 28.3 Å². The zero-order valence-corrected chi connectivity index (χ0v) is 15.4. The van der Waals surface area contributed by atoms with Gasteiger partial charge in [-0.3, -0.25) is 14.8 Å². The second kappa shape index (κ2) is 7.96. The summed E-state index contributed by atoms with van der Waals surface area (Å²) in [6, 6.07) is 6.44. The van der Waals surface area contributed by atoms with Crippen LogP contribution in [0.4, 0.5) is 5.13 Å². The van der Waals surface area contributed by atoms with E-state index in [4.69, 9.17) is 9.47 Å².